The van der Waals surface area contributed by atoms with Crippen LogP contribution in [0.2, 0.25) is 0 Å². The third kappa shape index (κ3) is 1.81. The second kappa shape index (κ2) is 4.88. The molecule has 18 heavy (non-hydrogen) atoms. The van der Waals surface area contributed by atoms with Crippen LogP contribution in [0.25, 0.3) is 0 Å². The molecule has 3 rings (SSSR count). The van der Waals surface area contributed by atoms with Crippen molar-refractivity contribution in [3.8, 4) is 5.75 Å². The Kier molecular flexibility index (Phi) is 3.24. The molecular formula is C14H20N2O2. The summed E-state index contributed by atoms with van der Waals surface area (Å²) in [6.07, 6.45) is 0. The number of piperazine rings is 1. The van der Waals surface area contributed by atoms with Gasteiger partial charge in [0.25, 0.3) is 0 Å². The Morgan fingerprint density at radius 3 is 2.56 bits per heavy atom. The number of nitrogens with one attached hydrogen (secondary N) is 1. The average Bonchev–Trinajstić information content (AvgIpc) is 2.39. The van der Waals surface area contributed by atoms with E-state index in [1.165, 1.54) is 5.56 Å². The van der Waals surface area contributed by atoms with Gasteiger partial charge in [0.1, 0.15) is 5.75 Å². The summed E-state index contributed by atoms with van der Waals surface area (Å²) in [6, 6.07) is 8.31. The number of para-hydroxylation sites is 1. The molecular weight excluding hydrogens is 228 g/mol. The minimum atomic E-state index is 0.0225. The van der Waals surface area contributed by atoms with E-state index < -0.39 is 0 Å². The van der Waals surface area contributed by atoms with Crippen LogP contribution in [0.1, 0.15) is 5.56 Å². The lowest BCUT2D eigenvalue weighted by Gasteiger charge is -2.51. The quantitative estimate of drug-likeness (QED) is 0.859. The zero-order chi connectivity index (χ0) is 12.4. The van der Waals surface area contributed by atoms with Gasteiger partial charge in [-0.3, -0.25) is 4.90 Å². The lowest BCUT2D eigenvalue weighted by Crippen LogP contribution is -2.63. The van der Waals surface area contributed by atoms with Crippen LogP contribution >= 0.6 is 0 Å². The first kappa shape index (κ1) is 12.0. The second-order valence-electron chi connectivity index (χ2n) is 4.96. The van der Waals surface area contributed by atoms with Crippen LogP contribution < -0.4 is 10.1 Å². The zero-order valence-electron chi connectivity index (χ0n) is 10.8. The number of benzene rings is 1. The van der Waals surface area contributed by atoms with Gasteiger partial charge in [-0.1, -0.05) is 18.2 Å². The lowest BCUT2D eigenvalue weighted by atomic mass is 9.84. The number of hydrogen-bond donors (Lipinski definition) is 1. The van der Waals surface area contributed by atoms with Crippen molar-refractivity contribution in [1.29, 1.82) is 0 Å². The topological polar surface area (TPSA) is 33.7 Å². The van der Waals surface area contributed by atoms with Crippen LogP contribution in [0.5, 0.6) is 5.75 Å². The van der Waals surface area contributed by atoms with E-state index in [2.05, 4.69) is 22.3 Å². The van der Waals surface area contributed by atoms with E-state index in [9.17, 15) is 0 Å². The molecule has 1 aromatic rings. The predicted molar refractivity (Wildman–Crippen MR) is 69.9 cm³/mol. The van der Waals surface area contributed by atoms with Gasteiger partial charge in [0.15, 0.2) is 0 Å². The Hall–Kier alpha value is -1.10. The Bertz CT molecular complexity index is 412. The smallest absolute Gasteiger partial charge is 0.124 e. The van der Waals surface area contributed by atoms with Crippen LogP contribution in [0.3, 0.4) is 0 Å². The molecule has 2 saturated heterocycles. The van der Waals surface area contributed by atoms with Crippen molar-refractivity contribution in [2.75, 3.05) is 46.5 Å². The molecule has 0 aliphatic carbocycles. The summed E-state index contributed by atoms with van der Waals surface area (Å²) in [5.41, 5.74) is 1.29. The van der Waals surface area contributed by atoms with E-state index in [0.29, 0.717) is 0 Å². The number of rotatable bonds is 3. The molecule has 2 aliphatic heterocycles. The molecule has 0 amide bonds. The Labute approximate surface area is 108 Å². The van der Waals surface area contributed by atoms with E-state index in [1.54, 1.807) is 7.11 Å². The number of methoxy groups -OCH3 is 1. The van der Waals surface area contributed by atoms with Gasteiger partial charge in [0.05, 0.1) is 25.9 Å². The summed E-state index contributed by atoms with van der Waals surface area (Å²) < 4.78 is 11.0. The minimum absolute atomic E-state index is 0.0225. The second-order valence-corrected chi connectivity index (χ2v) is 4.96. The van der Waals surface area contributed by atoms with Crippen molar-refractivity contribution in [2.24, 2.45) is 0 Å². The maximum Gasteiger partial charge on any atom is 0.124 e. The summed E-state index contributed by atoms with van der Waals surface area (Å²) >= 11 is 0. The molecule has 0 bridgehead atoms. The average molecular weight is 248 g/mol. The first-order chi connectivity index (χ1) is 8.87. The highest BCUT2D eigenvalue weighted by Crippen LogP contribution is 2.40. The van der Waals surface area contributed by atoms with E-state index >= 15 is 0 Å². The van der Waals surface area contributed by atoms with Gasteiger partial charge < -0.3 is 14.8 Å². The van der Waals surface area contributed by atoms with Gasteiger partial charge >= 0.3 is 0 Å². The third-order valence-corrected chi connectivity index (χ3v) is 4.01. The van der Waals surface area contributed by atoms with Gasteiger partial charge in [-0.05, 0) is 6.07 Å². The molecule has 2 heterocycles. The summed E-state index contributed by atoms with van der Waals surface area (Å²) in [5.74, 6) is 0.972. The SMILES string of the molecule is COc1ccccc1C1(N2CCNCC2)COC1. The first-order valence-corrected chi connectivity index (χ1v) is 6.54. The monoisotopic (exact) mass is 248 g/mol. The highest BCUT2D eigenvalue weighted by molar-refractivity contribution is 5.41. The Balaban J connectivity index is 1.94. The van der Waals surface area contributed by atoms with Crippen LogP contribution in [0.4, 0.5) is 0 Å². The van der Waals surface area contributed by atoms with Crippen molar-refractivity contribution in [2.45, 2.75) is 5.54 Å². The zero-order valence-corrected chi connectivity index (χ0v) is 10.8. The van der Waals surface area contributed by atoms with Crippen molar-refractivity contribution in [3.05, 3.63) is 29.8 Å². The summed E-state index contributed by atoms with van der Waals surface area (Å²) in [4.78, 5) is 2.53. The van der Waals surface area contributed by atoms with E-state index in [-0.39, 0.29) is 5.54 Å². The molecule has 1 N–H and O–H groups in total. The van der Waals surface area contributed by atoms with Crippen LogP contribution in [-0.2, 0) is 10.3 Å². The molecule has 2 aliphatic rings. The highest BCUT2D eigenvalue weighted by Gasteiger charge is 2.47. The first-order valence-electron chi connectivity index (χ1n) is 6.54. The standard InChI is InChI=1S/C14H20N2O2/c1-17-13-5-3-2-4-12(13)14(10-18-11-14)16-8-6-15-7-9-16/h2-5,15H,6-11H2,1H3. The van der Waals surface area contributed by atoms with Gasteiger partial charge in [-0.15, -0.1) is 0 Å². The minimum Gasteiger partial charge on any atom is -0.496 e. The molecule has 0 spiro atoms. The third-order valence-electron chi connectivity index (χ3n) is 4.01. The molecule has 0 radical (unpaired) electrons. The fourth-order valence-electron chi connectivity index (χ4n) is 2.93. The maximum absolute atomic E-state index is 5.53. The van der Waals surface area contributed by atoms with Crippen molar-refractivity contribution < 1.29 is 9.47 Å². The molecule has 0 saturated carbocycles. The van der Waals surface area contributed by atoms with Crippen LogP contribution in [0.15, 0.2) is 24.3 Å². The number of ether oxygens (including phenoxy) is 2. The number of hydrogen-bond acceptors (Lipinski definition) is 4. The van der Waals surface area contributed by atoms with Crippen molar-refractivity contribution >= 4 is 0 Å². The normalized spacial score (nSPS) is 23.4. The van der Waals surface area contributed by atoms with Crippen molar-refractivity contribution in [3.63, 3.8) is 0 Å². The van der Waals surface area contributed by atoms with Gasteiger partial charge in [-0.25, -0.2) is 0 Å². The van der Waals surface area contributed by atoms with E-state index in [0.717, 1.165) is 45.1 Å². The summed E-state index contributed by atoms with van der Waals surface area (Å²) in [6.45, 7) is 5.79. The fourth-order valence-corrected chi connectivity index (χ4v) is 2.93. The van der Waals surface area contributed by atoms with Crippen molar-refractivity contribution in [1.82, 2.24) is 10.2 Å². The Morgan fingerprint density at radius 2 is 1.94 bits per heavy atom. The van der Waals surface area contributed by atoms with Gasteiger partial charge in [-0.2, -0.15) is 0 Å². The summed E-state index contributed by atoms with van der Waals surface area (Å²) in [7, 11) is 1.74. The lowest BCUT2D eigenvalue weighted by molar-refractivity contribution is -0.150. The predicted octanol–water partition coefficient (Wildman–Crippen LogP) is 0.826. The van der Waals surface area contributed by atoms with E-state index in [4.69, 9.17) is 9.47 Å². The maximum atomic E-state index is 5.53. The molecule has 2 fully saturated rings. The Morgan fingerprint density at radius 1 is 1.22 bits per heavy atom. The molecule has 4 nitrogen and oxygen atoms in total. The highest BCUT2D eigenvalue weighted by atomic mass is 16.5. The van der Waals surface area contributed by atoms with Gasteiger partial charge in [0.2, 0.25) is 0 Å². The number of nitrogens with zero attached hydrogens (tertiary/aromatic N) is 1. The largest absolute Gasteiger partial charge is 0.496 e. The summed E-state index contributed by atoms with van der Waals surface area (Å²) in [5, 5.41) is 3.40. The molecule has 98 valence electrons. The molecule has 0 atom stereocenters. The fraction of sp³-hybridized carbons (Fsp3) is 0.571. The van der Waals surface area contributed by atoms with E-state index in [1.807, 2.05) is 12.1 Å². The van der Waals surface area contributed by atoms with Gasteiger partial charge in [0, 0.05) is 31.7 Å². The molecule has 1 aromatic carbocycles. The van der Waals surface area contributed by atoms with Crippen LogP contribution in [-0.4, -0.2) is 51.4 Å². The van der Waals surface area contributed by atoms with Crippen LogP contribution in [0, 0.1) is 0 Å². The molecule has 4 heteroatoms. The molecule has 0 unspecified atom stereocenters. The molecule has 0 aromatic heterocycles.